The van der Waals surface area contributed by atoms with Crippen molar-refractivity contribution in [2.45, 2.75) is 26.7 Å². The Balaban J connectivity index is 2.57. The van der Waals surface area contributed by atoms with Gasteiger partial charge in [-0.2, -0.15) is 0 Å². The summed E-state index contributed by atoms with van der Waals surface area (Å²) in [5.41, 5.74) is 1.72. The first-order valence-corrected chi connectivity index (χ1v) is 7.23. The Hall–Kier alpha value is -2.10. The fraction of sp³-hybridized carbons (Fsp3) is 0.444. The summed E-state index contributed by atoms with van der Waals surface area (Å²) in [6.07, 6.45) is 2.79. The van der Waals surface area contributed by atoms with Crippen LogP contribution >= 0.6 is 0 Å². The van der Waals surface area contributed by atoms with E-state index in [1.165, 1.54) is 14.2 Å². The lowest BCUT2D eigenvalue weighted by molar-refractivity contribution is -0.122. The lowest BCUT2D eigenvalue weighted by Gasteiger charge is -2.42. The lowest BCUT2D eigenvalue weighted by atomic mass is 9.61. The minimum Gasteiger partial charge on any atom is -0.489 e. The van der Waals surface area contributed by atoms with E-state index in [4.69, 9.17) is 9.47 Å². The first kappa shape index (κ1) is 16.3. The minimum atomic E-state index is -0.302. The van der Waals surface area contributed by atoms with E-state index in [2.05, 4.69) is 13.2 Å². The SMILES string of the molecule is C=CC1(C)CC2=C(CC1C(=C)C)C(=O)C(OC)=C(OC)C2=O. The molecule has 118 valence electrons. The smallest absolute Gasteiger partial charge is 0.228 e. The van der Waals surface area contributed by atoms with Gasteiger partial charge in [0.05, 0.1) is 14.2 Å². The predicted molar refractivity (Wildman–Crippen MR) is 83.9 cm³/mol. The fourth-order valence-electron chi connectivity index (χ4n) is 3.42. The molecular formula is C18H22O4. The Morgan fingerprint density at radius 3 is 2.09 bits per heavy atom. The van der Waals surface area contributed by atoms with Crippen molar-refractivity contribution >= 4 is 11.6 Å². The zero-order valence-corrected chi connectivity index (χ0v) is 13.6. The topological polar surface area (TPSA) is 52.6 Å². The second-order valence-electron chi connectivity index (χ2n) is 6.17. The number of carbonyl (C=O) groups is 2. The van der Waals surface area contributed by atoms with Crippen LogP contribution in [0.5, 0.6) is 0 Å². The van der Waals surface area contributed by atoms with Gasteiger partial charge in [-0.3, -0.25) is 9.59 Å². The van der Waals surface area contributed by atoms with Crippen LogP contribution in [-0.2, 0) is 19.1 Å². The number of Topliss-reactive ketones (excluding diaryl/α,β-unsaturated/α-hetero) is 2. The molecule has 2 aliphatic rings. The standard InChI is InChI=1S/C18H22O4/c1-7-18(4)9-12-11(8-13(18)10(2)3)14(19)16(21-5)17(22-6)15(12)20/h7,13H,1-2,8-9H2,3-6H3. The summed E-state index contributed by atoms with van der Waals surface area (Å²) < 4.78 is 10.2. The Kier molecular flexibility index (Phi) is 4.14. The van der Waals surface area contributed by atoms with Crippen molar-refractivity contribution in [2.24, 2.45) is 11.3 Å². The maximum Gasteiger partial charge on any atom is 0.228 e. The molecule has 2 unspecified atom stereocenters. The van der Waals surface area contributed by atoms with Gasteiger partial charge in [-0.1, -0.05) is 25.2 Å². The number of rotatable bonds is 4. The van der Waals surface area contributed by atoms with E-state index in [9.17, 15) is 9.59 Å². The number of allylic oxidation sites excluding steroid dienone is 4. The second-order valence-corrected chi connectivity index (χ2v) is 6.17. The summed E-state index contributed by atoms with van der Waals surface area (Å²) in [4.78, 5) is 25.3. The zero-order chi connectivity index (χ0) is 16.7. The monoisotopic (exact) mass is 302 g/mol. The summed E-state index contributed by atoms with van der Waals surface area (Å²) >= 11 is 0. The summed E-state index contributed by atoms with van der Waals surface area (Å²) in [5.74, 6) is -0.462. The average Bonchev–Trinajstić information content (AvgIpc) is 2.49. The van der Waals surface area contributed by atoms with Crippen LogP contribution < -0.4 is 0 Å². The molecule has 0 aromatic carbocycles. The van der Waals surface area contributed by atoms with Crippen LogP contribution in [0.25, 0.3) is 0 Å². The van der Waals surface area contributed by atoms with E-state index in [-0.39, 0.29) is 34.4 Å². The van der Waals surface area contributed by atoms with Crippen molar-refractivity contribution in [2.75, 3.05) is 14.2 Å². The number of hydrogen-bond acceptors (Lipinski definition) is 4. The van der Waals surface area contributed by atoms with Crippen molar-refractivity contribution in [1.29, 1.82) is 0 Å². The summed E-state index contributed by atoms with van der Waals surface area (Å²) in [5, 5.41) is 0. The van der Waals surface area contributed by atoms with Gasteiger partial charge in [0.2, 0.25) is 23.1 Å². The van der Waals surface area contributed by atoms with Crippen LogP contribution in [0.1, 0.15) is 26.7 Å². The van der Waals surface area contributed by atoms with Gasteiger partial charge in [0.1, 0.15) is 0 Å². The zero-order valence-electron chi connectivity index (χ0n) is 13.6. The van der Waals surface area contributed by atoms with E-state index >= 15 is 0 Å². The molecule has 0 spiro atoms. The molecule has 0 aromatic rings. The molecule has 4 nitrogen and oxygen atoms in total. The molecule has 2 atom stereocenters. The van der Waals surface area contributed by atoms with Crippen LogP contribution in [0.4, 0.5) is 0 Å². The molecule has 0 heterocycles. The highest BCUT2D eigenvalue weighted by Crippen LogP contribution is 2.50. The number of ether oxygens (including phenoxy) is 2. The van der Waals surface area contributed by atoms with Crippen LogP contribution in [0.2, 0.25) is 0 Å². The first-order chi connectivity index (χ1) is 10.3. The second kappa shape index (κ2) is 5.59. The average molecular weight is 302 g/mol. The summed E-state index contributed by atoms with van der Waals surface area (Å²) in [6, 6.07) is 0. The highest BCUT2D eigenvalue weighted by atomic mass is 16.5. The Morgan fingerprint density at radius 2 is 1.68 bits per heavy atom. The van der Waals surface area contributed by atoms with Gasteiger partial charge in [0.15, 0.2) is 0 Å². The predicted octanol–water partition coefficient (Wildman–Crippen LogP) is 3.12. The molecular weight excluding hydrogens is 280 g/mol. The highest BCUT2D eigenvalue weighted by Gasteiger charge is 2.46. The maximum absolute atomic E-state index is 12.7. The molecule has 4 heteroatoms. The van der Waals surface area contributed by atoms with E-state index in [0.29, 0.717) is 24.0 Å². The largest absolute Gasteiger partial charge is 0.489 e. The van der Waals surface area contributed by atoms with E-state index < -0.39 is 0 Å². The van der Waals surface area contributed by atoms with Crippen molar-refractivity contribution in [3.8, 4) is 0 Å². The quantitative estimate of drug-likeness (QED) is 0.591. The van der Waals surface area contributed by atoms with E-state index in [0.717, 1.165) is 5.57 Å². The minimum absolute atomic E-state index is 0.00563. The van der Waals surface area contributed by atoms with Crippen molar-refractivity contribution in [3.05, 3.63) is 47.5 Å². The molecule has 0 amide bonds. The molecule has 0 radical (unpaired) electrons. The fourth-order valence-corrected chi connectivity index (χ4v) is 3.42. The van der Waals surface area contributed by atoms with Gasteiger partial charge in [-0.25, -0.2) is 0 Å². The third-order valence-corrected chi connectivity index (χ3v) is 4.76. The normalized spacial score (nSPS) is 28.5. The lowest BCUT2D eigenvalue weighted by Crippen LogP contribution is -2.38. The number of hydrogen-bond donors (Lipinski definition) is 0. The Bertz CT molecular complexity index is 635. The molecule has 0 bridgehead atoms. The van der Waals surface area contributed by atoms with Crippen molar-refractivity contribution in [1.82, 2.24) is 0 Å². The van der Waals surface area contributed by atoms with E-state index in [1.54, 1.807) is 0 Å². The van der Waals surface area contributed by atoms with E-state index in [1.807, 2.05) is 19.9 Å². The first-order valence-electron chi connectivity index (χ1n) is 7.23. The summed E-state index contributed by atoms with van der Waals surface area (Å²) in [6.45, 7) is 11.9. The van der Waals surface area contributed by atoms with Gasteiger partial charge >= 0.3 is 0 Å². The Morgan fingerprint density at radius 1 is 1.18 bits per heavy atom. The number of methoxy groups -OCH3 is 2. The molecule has 0 saturated heterocycles. The van der Waals surface area contributed by atoms with Gasteiger partial charge in [-0.05, 0) is 31.1 Å². The summed E-state index contributed by atoms with van der Waals surface area (Å²) in [7, 11) is 2.75. The van der Waals surface area contributed by atoms with Gasteiger partial charge in [0, 0.05) is 11.1 Å². The van der Waals surface area contributed by atoms with Crippen LogP contribution in [0.15, 0.2) is 47.5 Å². The molecule has 2 aliphatic carbocycles. The maximum atomic E-state index is 12.7. The van der Waals surface area contributed by atoms with Gasteiger partial charge in [-0.15, -0.1) is 6.58 Å². The number of ketones is 2. The molecule has 2 rings (SSSR count). The molecule has 0 aliphatic heterocycles. The molecule has 22 heavy (non-hydrogen) atoms. The third kappa shape index (κ3) is 2.23. The van der Waals surface area contributed by atoms with Crippen LogP contribution in [0, 0.1) is 11.3 Å². The van der Waals surface area contributed by atoms with Crippen LogP contribution in [0.3, 0.4) is 0 Å². The van der Waals surface area contributed by atoms with Crippen LogP contribution in [-0.4, -0.2) is 25.8 Å². The van der Waals surface area contributed by atoms with Gasteiger partial charge < -0.3 is 9.47 Å². The third-order valence-electron chi connectivity index (χ3n) is 4.76. The van der Waals surface area contributed by atoms with Gasteiger partial charge in [0.25, 0.3) is 0 Å². The Labute approximate surface area is 131 Å². The van der Waals surface area contributed by atoms with Crippen molar-refractivity contribution < 1.29 is 19.1 Å². The number of carbonyl (C=O) groups excluding carboxylic acids is 2. The molecule has 0 fully saturated rings. The highest BCUT2D eigenvalue weighted by molar-refractivity contribution is 6.23. The van der Waals surface area contributed by atoms with Crippen molar-refractivity contribution in [3.63, 3.8) is 0 Å². The molecule has 0 N–H and O–H groups in total. The molecule has 0 saturated carbocycles. The molecule has 0 aromatic heterocycles.